The van der Waals surface area contributed by atoms with Gasteiger partial charge in [-0.05, 0) is 49.7 Å². The fourth-order valence-electron chi connectivity index (χ4n) is 2.35. The van der Waals surface area contributed by atoms with Crippen molar-refractivity contribution in [3.63, 3.8) is 0 Å². The van der Waals surface area contributed by atoms with Crippen LogP contribution in [0.5, 0.6) is 0 Å². The lowest BCUT2D eigenvalue weighted by Gasteiger charge is -2.24. The molecule has 3 rings (SSSR count). The van der Waals surface area contributed by atoms with Gasteiger partial charge in [0, 0.05) is 13.1 Å². The monoisotopic (exact) mass is 285 g/mol. The maximum atomic E-state index is 12.9. The molecule has 0 amide bonds. The predicted molar refractivity (Wildman–Crippen MR) is 71.3 cm³/mol. The van der Waals surface area contributed by atoms with Gasteiger partial charge >= 0.3 is 6.18 Å². The Morgan fingerprint density at radius 2 is 1.65 bits per heavy atom. The van der Waals surface area contributed by atoms with Gasteiger partial charge in [0.15, 0.2) is 0 Å². The van der Waals surface area contributed by atoms with E-state index in [4.69, 9.17) is 5.73 Å². The summed E-state index contributed by atoms with van der Waals surface area (Å²) in [7, 11) is 0. The van der Waals surface area contributed by atoms with Crippen molar-refractivity contribution in [1.82, 2.24) is 4.98 Å². The molecule has 1 aromatic rings. The fourth-order valence-corrected chi connectivity index (χ4v) is 2.35. The SMILES string of the molecule is Nc1cc(C(F)(F)F)cc(N(CC2CC2)CC2CC2)n1. The van der Waals surface area contributed by atoms with Crippen LogP contribution < -0.4 is 10.6 Å². The molecule has 0 spiro atoms. The highest BCUT2D eigenvalue weighted by atomic mass is 19.4. The Morgan fingerprint density at radius 3 is 2.10 bits per heavy atom. The number of halogens is 3. The molecule has 6 heteroatoms. The molecule has 20 heavy (non-hydrogen) atoms. The van der Waals surface area contributed by atoms with Crippen LogP contribution in [0.2, 0.25) is 0 Å². The molecule has 0 bridgehead atoms. The maximum Gasteiger partial charge on any atom is 0.416 e. The second-order valence-corrected chi connectivity index (χ2v) is 5.93. The van der Waals surface area contributed by atoms with Gasteiger partial charge in [-0.25, -0.2) is 4.98 Å². The zero-order valence-corrected chi connectivity index (χ0v) is 11.2. The molecule has 110 valence electrons. The van der Waals surface area contributed by atoms with E-state index in [9.17, 15) is 13.2 Å². The van der Waals surface area contributed by atoms with Crippen LogP contribution >= 0.6 is 0 Å². The summed E-state index contributed by atoms with van der Waals surface area (Å²) in [5.74, 6) is 1.51. The first-order chi connectivity index (χ1) is 9.41. The second-order valence-electron chi connectivity index (χ2n) is 5.93. The lowest BCUT2D eigenvalue weighted by atomic mass is 10.2. The average molecular weight is 285 g/mol. The Hall–Kier alpha value is -1.46. The van der Waals surface area contributed by atoms with Gasteiger partial charge < -0.3 is 10.6 Å². The number of rotatable bonds is 5. The predicted octanol–water partition coefficient (Wildman–Crippen LogP) is 3.31. The van der Waals surface area contributed by atoms with Gasteiger partial charge in [0.2, 0.25) is 0 Å². The van der Waals surface area contributed by atoms with E-state index in [1.807, 2.05) is 4.90 Å². The molecule has 2 saturated carbocycles. The Kier molecular flexibility index (Phi) is 3.26. The third kappa shape index (κ3) is 3.35. The normalized spacial score (nSPS) is 19.1. The molecule has 0 aliphatic heterocycles. The van der Waals surface area contributed by atoms with Gasteiger partial charge in [0.05, 0.1) is 5.56 Å². The van der Waals surface area contributed by atoms with E-state index < -0.39 is 11.7 Å². The average Bonchev–Trinajstić information content (AvgIpc) is 3.21. The molecule has 2 aliphatic rings. The summed E-state index contributed by atoms with van der Waals surface area (Å²) in [6.45, 7) is 1.59. The van der Waals surface area contributed by atoms with Crippen molar-refractivity contribution >= 4 is 11.6 Å². The summed E-state index contributed by atoms with van der Waals surface area (Å²) < 4.78 is 38.6. The number of nitrogen functional groups attached to an aromatic ring is 1. The van der Waals surface area contributed by atoms with E-state index in [1.165, 1.54) is 0 Å². The third-order valence-corrected chi connectivity index (χ3v) is 3.83. The minimum Gasteiger partial charge on any atom is -0.384 e. The number of nitrogens with two attached hydrogens (primary N) is 1. The number of hydrogen-bond acceptors (Lipinski definition) is 3. The first kappa shape index (κ1) is 13.5. The van der Waals surface area contributed by atoms with E-state index in [-0.39, 0.29) is 5.82 Å². The lowest BCUT2D eigenvalue weighted by Crippen LogP contribution is -2.29. The van der Waals surface area contributed by atoms with Gasteiger partial charge in [-0.15, -0.1) is 0 Å². The number of anilines is 2. The number of nitrogens with zero attached hydrogens (tertiary/aromatic N) is 2. The van der Waals surface area contributed by atoms with Gasteiger partial charge in [-0.1, -0.05) is 0 Å². The Morgan fingerprint density at radius 1 is 1.10 bits per heavy atom. The van der Waals surface area contributed by atoms with Crippen molar-refractivity contribution in [3.8, 4) is 0 Å². The first-order valence-corrected chi connectivity index (χ1v) is 7.01. The van der Waals surface area contributed by atoms with Crippen molar-refractivity contribution in [2.24, 2.45) is 11.8 Å². The second kappa shape index (κ2) is 4.82. The molecule has 0 atom stereocenters. The fraction of sp³-hybridized carbons (Fsp3) is 0.643. The zero-order valence-electron chi connectivity index (χ0n) is 11.2. The van der Waals surface area contributed by atoms with Crippen LogP contribution in [0.25, 0.3) is 0 Å². The van der Waals surface area contributed by atoms with Crippen molar-refractivity contribution in [3.05, 3.63) is 17.7 Å². The maximum absolute atomic E-state index is 12.9. The summed E-state index contributed by atoms with van der Waals surface area (Å²) in [5.41, 5.74) is 4.84. The van der Waals surface area contributed by atoms with E-state index >= 15 is 0 Å². The van der Waals surface area contributed by atoms with E-state index in [2.05, 4.69) is 4.98 Å². The first-order valence-electron chi connectivity index (χ1n) is 7.01. The summed E-state index contributed by atoms with van der Waals surface area (Å²) in [6.07, 6.45) is 0.271. The minimum atomic E-state index is -4.38. The largest absolute Gasteiger partial charge is 0.416 e. The third-order valence-electron chi connectivity index (χ3n) is 3.83. The van der Waals surface area contributed by atoms with Crippen molar-refractivity contribution < 1.29 is 13.2 Å². The molecule has 1 heterocycles. The van der Waals surface area contributed by atoms with Crippen LogP contribution in [0.3, 0.4) is 0 Å². The van der Waals surface area contributed by atoms with Crippen molar-refractivity contribution in [1.29, 1.82) is 0 Å². The molecule has 3 nitrogen and oxygen atoms in total. The quantitative estimate of drug-likeness (QED) is 0.902. The molecule has 2 N–H and O–H groups in total. The zero-order chi connectivity index (χ0) is 14.3. The molecule has 2 fully saturated rings. The topological polar surface area (TPSA) is 42.1 Å². The van der Waals surface area contributed by atoms with Crippen molar-refractivity contribution in [2.75, 3.05) is 23.7 Å². The Bertz CT molecular complexity index is 479. The van der Waals surface area contributed by atoms with Crippen molar-refractivity contribution in [2.45, 2.75) is 31.9 Å². The van der Waals surface area contributed by atoms with Crippen LogP contribution in [-0.4, -0.2) is 18.1 Å². The van der Waals surface area contributed by atoms with E-state index in [0.717, 1.165) is 50.9 Å². The van der Waals surface area contributed by atoms with Gasteiger partial charge in [0.25, 0.3) is 0 Å². The van der Waals surface area contributed by atoms with Crippen LogP contribution in [-0.2, 0) is 6.18 Å². The molecule has 0 radical (unpaired) electrons. The Labute approximate surface area is 116 Å². The number of pyridine rings is 1. The van der Waals surface area contributed by atoms with Gasteiger partial charge in [-0.3, -0.25) is 0 Å². The van der Waals surface area contributed by atoms with Gasteiger partial charge in [-0.2, -0.15) is 13.2 Å². The highest BCUT2D eigenvalue weighted by Crippen LogP contribution is 2.37. The van der Waals surface area contributed by atoms with Crippen LogP contribution in [0.15, 0.2) is 12.1 Å². The molecule has 0 unspecified atom stereocenters. The highest BCUT2D eigenvalue weighted by Gasteiger charge is 2.34. The molecular weight excluding hydrogens is 267 g/mol. The van der Waals surface area contributed by atoms with Gasteiger partial charge in [0.1, 0.15) is 11.6 Å². The Balaban J connectivity index is 1.85. The smallest absolute Gasteiger partial charge is 0.384 e. The molecular formula is C14H18F3N3. The number of hydrogen-bond donors (Lipinski definition) is 1. The summed E-state index contributed by atoms with van der Waals surface area (Å²) >= 11 is 0. The molecule has 1 aromatic heterocycles. The van der Waals surface area contributed by atoms with Crippen LogP contribution in [0.4, 0.5) is 24.8 Å². The highest BCUT2D eigenvalue weighted by molar-refractivity contribution is 5.49. The lowest BCUT2D eigenvalue weighted by molar-refractivity contribution is -0.137. The van der Waals surface area contributed by atoms with E-state index in [1.54, 1.807) is 0 Å². The summed E-state index contributed by atoms with van der Waals surface area (Å²) in [4.78, 5) is 6.10. The number of aromatic nitrogens is 1. The van der Waals surface area contributed by atoms with Crippen LogP contribution in [0, 0.1) is 11.8 Å². The van der Waals surface area contributed by atoms with Crippen LogP contribution in [0.1, 0.15) is 31.2 Å². The summed E-state index contributed by atoms with van der Waals surface area (Å²) in [6, 6.07) is 2.02. The standard InChI is InChI=1S/C14H18F3N3/c15-14(16,17)11-5-12(18)19-13(6-11)20(7-9-1-2-9)8-10-3-4-10/h5-6,9-10H,1-4,7-8H2,(H2,18,19). The molecule has 0 aromatic carbocycles. The molecule has 2 aliphatic carbocycles. The molecule has 0 saturated heterocycles. The van der Waals surface area contributed by atoms with E-state index in [0.29, 0.717) is 17.7 Å². The summed E-state index contributed by atoms with van der Waals surface area (Å²) in [5, 5.41) is 0. The number of alkyl halides is 3. The minimum absolute atomic E-state index is 0.0635.